The van der Waals surface area contributed by atoms with E-state index in [0.29, 0.717) is 39.9 Å². The third kappa shape index (κ3) is 2.26. The summed E-state index contributed by atoms with van der Waals surface area (Å²) in [6.07, 6.45) is 0.463. The highest BCUT2D eigenvalue weighted by atomic mass is 35.5. The molecule has 0 bridgehead atoms. The maximum absolute atomic E-state index is 13.8. The van der Waals surface area contributed by atoms with Crippen LogP contribution in [0, 0.1) is 5.82 Å². The summed E-state index contributed by atoms with van der Waals surface area (Å²) in [5, 5.41) is 0.926. The van der Waals surface area contributed by atoms with Crippen LogP contribution in [0.3, 0.4) is 0 Å². The van der Waals surface area contributed by atoms with Gasteiger partial charge in [0.1, 0.15) is 17.7 Å². The van der Waals surface area contributed by atoms with E-state index >= 15 is 0 Å². The molecule has 104 valence electrons. The van der Waals surface area contributed by atoms with Crippen molar-refractivity contribution < 1.29 is 9.13 Å². The lowest BCUT2D eigenvalue weighted by atomic mass is 10.00. The zero-order valence-corrected chi connectivity index (χ0v) is 12.0. The van der Waals surface area contributed by atoms with Gasteiger partial charge in [0, 0.05) is 29.7 Å². The number of hydrogen-bond donors (Lipinski definition) is 1. The van der Waals surface area contributed by atoms with Gasteiger partial charge in [0.25, 0.3) is 0 Å². The standard InChI is InChI=1S/C15H12Cl2FNO/c16-12-2-1-3-13(17)14(12)11-6-9(18)4-8-5-10(7-19)20-15(8)11/h1-4,6,10H,5,7,19H2. The Morgan fingerprint density at radius 3 is 2.60 bits per heavy atom. The van der Waals surface area contributed by atoms with Gasteiger partial charge in [-0.2, -0.15) is 0 Å². The predicted octanol–water partition coefficient (Wildman–Crippen LogP) is 4.06. The SMILES string of the molecule is NCC1Cc2cc(F)cc(-c3c(Cl)cccc3Cl)c2O1. The molecule has 0 radical (unpaired) electrons. The lowest BCUT2D eigenvalue weighted by Crippen LogP contribution is -2.24. The van der Waals surface area contributed by atoms with Gasteiger partial charge in [0.2, 0.25) is 0 Å². The fraction of sp³-hybridized carbons (Fsp3) is 0.200. The van der Waals surface area contributed by atoms with E-state index in [0.717, 1.165) is 5.56 Å². The van der Waals surface area contributed by atoms with Crippen LogP contribution in [0.15, 0.2) is 30.3 Å². The Balaban J connectivity index is 2.21. The average molecular weight is 312 g/mol. The molecule has 0 amide bonds. The summed E-state index contributed by atoms with van der Waals surface area (Å²) >= 11 is 12.4. The van der Waals surface area contributed by atoms with Crippen LogP contribution in [0.1, 0.15) is 5.56 Å². The van der Waals surface area contributed by atoms with Gasteiger partial charge >= 0.3 is 0 Å². The summed E-state index contributed by atoms with van der Waals surface area (Å²) < 4.78 is 19.6. The van der Waals surface area contributed by atoms with E-state index in [9.17, 15) is 4.39 Å². The normalized spacial score (nSPS) is 16.9. The number of benzene rings is 2. The van der Waals surface area contributed by atoms with Crippen molar-refractivity contribution in [2.75, 3.05) is 6.54 Å². The minimum absolute atomic E-state index is 0.133. The highest BCUT2D eigenvalue weighted by Gasteiger charge is 2.27. The van der Waals surface area contributed by atoms with Crippen LogP contribution < -0.4 is 10.5 Å². The minimum atomic E-state index is -0.337. The van der Waals surface area contributed by atoms with Crippen LogP contribution in [0.2, 0.25) is 10.0 Å². The largest absolute Gasteiger partial charge is 0.488 e. The van der Waals surface area contributed by atoms with Crippen molar-refractivity contribution in [3.05, 3.63) is 51.8 Å². The van der Waals surface area contributed by atoms with Crippen molar-refractivity contribution in [3.8, 4) is 16.9 Å². The molecule has 20 heavy (non-hydrogen) atoms. The summed E-state index contributed by atoms with van der Waals surface area (Å²) in [6, 6.07) is 8.05. The van der Waals surface area contributed by atoms with Gasteiger partial charge < -0.3 is 10.5 Å². The molecule has 1 heterocycles. The second kappa shape index (κ2) is 5.24. The van der Waals surface area contributed by atoms with Gasteiger partial charge in [-0.25, -0.2) is 4.39 Å². The van der Waals surface area contributed by atoms with E-state index < -0.39 is 0 Å². The molecular weight excluding hydrogens is 300 g/mol. The van der Waals surface area contributed by atoms with E-state index in [4.69, 9.17) is 33.7 Å². The fourth-order valence-electron chi connectivity index (χ4n) is 2.47. The highest BCUT2D eigenvalue weighted by molar-refractivity contribution is 6.39. The van der Waals surface area contributed by atoms with Crippen molar-refractivity contribution in [1.29, 1.82) is 0 Å². The average Bonchev–Trinajstić information content (AvgIpc) is 2.81. The number of ether oxygens (including phenoxy) is 1. The van der Waals surface area contributed by atoms with Gasteiger partial charge in [0.05, 0.1) is 10.0 Å². The molecule has 1 aliphatic heterocycles. The van der Waals surface area contributed by atoms with Gasteiger partial charge in [-0.3, -0.25) is 0 Å². The van der Waals surface area contributed by atoms with Gasteiger partial charge in [-0.1, -0.05) is 29.3 Å². The second-order valence-corrected chi connectivity index (χ2v) is 5.53. The summed E-state index contributed by atoms with van der Waals surface area (Å²) in [4.78, 5) is 0. The topological polar surface area (TPSA) is 35.2 Å². The molecule has 2 N–H and O–H groups in total. The monoisotopic (exact) mass is 311 g/mol. The van der Waals surface area contributed by atoms with E-state index in [1.807, 2.05) is 0 Å². The smallest absolute Gasteiger partial charge is 0.131 e. The molecule has 5 heteroatoms. The highest BCUT2D eigenvalue weighted by Crippen LogP contribution is 2.44. The minimum Gasteiger partial charge on any atom is -0.488 e. The number of hydrogen-bond acceptors (Lipinski definition) is 2. The molecule has 3 rings (SSSR count). The molecule has 2 aromatic rings. The number of fused-ring (bicyclic) bond motifs is 1. The maximum Gasteiger partial charge on any atom is 0.131 e. The summed E-state index contributed by atoms with van der Waals surface area (Å²) in [7, 11) is 0. The first-order valence-corrected chi connectivity index (χ1v) is 6.99. The number of rotatable bonds is 2. The fourth-order valence-corrected chi connectivity index (χ4v) is 3.07. The molecule has 0 saturated heterocycles. The van der Waals surface area contributed by atoms with Crippen LogP contribution in [-0.4, -0.2) is 12.6 Å². The molecule has 1 atom stereocenters. The summed E-state index contributed by atoms with van der Waals surface area (Å²) in [6.45, 7) is 0.381. The molecule has 2 nitrogen and oxygen atoms in total. The Kier molecular flexibility index (Phi) is 3.59. The lowest BCUT2D eigenvalue weighted by molar-refractivity contribution is 0.242. The Morgan fingerprint density at radius 1 is 1.25 bits per heavy atom. The van der Waals surface area contributed by atoms with Gasteiger partial charge in [-0.15, -0.1) is 0 Å². The van der Waals surface area contributed by atoms with E-state index in [1.54, 1.807) is 18.2 Å². The number of nitrogens with two attached hydrogens (primary N) is 1. The second-order valence-electron chi connectivity index (χ2n) is 4.72. The third-order valence-corrected chi connectivity index (χ3v) is 3.99. The van der Waals surface area contributed by atoms with Crippen LogP contribution >= 0.6 is 23.2 Å². The third-order valence-electron chi connectivity index (χ3n) is 3.36. The van der Waals surface area contributed by atoms with E-state index in [2.05, 4.69) is 0 Å². The van der Waals surface area contributed by atoms with Crippen molar-refractivity contribution >= 4 is 23.2 Å². The first-order chi connectivity index (χ1) is 9.60. The van der Waals surface area contributed by atoms with Gasteiger partial charge in [-0.05, 0) is 24.3 Å². The molecule has 2 aromatic carbocycles. The van der Waals surface area contributed by atoms with Crippen LogP contribution in [0.5, 0.6) is 5.75 Å². The zero-order chi connectivity index (χ0) is 14.3. The predicted molar refractivity (Wildman–Crippen MR) is 79.0 cm³/mol. The molecule has 0 spiro atoms. The van der Waals surface area contributed by atoms with Crippen molar-refractivity contribution in [2.24, 2.45) is 5.73 Å². The lowest BCUT2D eigenvalue weighted by Gasteiger charge is -2.13. The molecule has 0 aliphatic carbocycles. The first kappa shape index (κ1) is 13.7. The van der Waals surface area contributed by atoms with Crippen LogP contribution in [-0.2, 0) is 6.42 Å². The molecular formula is C15H12Cl2FNO. The summed E-state index contributed by atoms with van der Waals surface area (Å²) in [5.41, 5.74) is 7.59. The van der Waals surface area contributed by atoms with Gasteiger partial charge in [0.15, 0.2) is 0 Å². The molecule has 0 aromatic heterocycles. The molecule has 1 aliphatic rings. The Bertz CT molecular complexity index is 655. The maximum atomic E-state index is 13.8. The van der Waals surface area contributed by atoms with Crippen LogP contribution in [0.4, 0.5) is 4.39 Å². The molecule has 0 saturated carbocycles. The molecule has 0 fully saturated rings. The van der Waals surface area contributed by atoms with Crippen molar-refractivity contribution in [2.45, 2.75) is 12.5 Å². The van der Waals surface area contributed by atoms with E-state index in [-0.39, 0.29) is 11.9 Å². The quantitative estimate of drug-likeness (QED) is 0.907. The first-order valence-electron chi connectivity index (χ1n) is 6.23. The Morgan fingerprint density at radius 2 is 1.95 bits per heavy atom. The Hall–Kier alpha value is -1.29. The molecule has 1 unspecified atom stereocenters. The van der Waals surface area contributed by atoms with E-state index in [1.165, 1.54) is 12.1 Å². The summed E-state index contributed by atoms with van der Waals surface area (Å²) in [5.74, 6) is 0.285. The van der Waals surface area contributed by atoms with Crippen molar-refractivity contribution in [1.82, 2.24) is 0 Å². The van der Waals surface area contributed by atoms with Crippen molar-refractivity contribution in [3.63, 3.8) is 0 Å². The Labute approximate surface area is 126 Å². The number of halogens is 3. The van der Waals surface area contributed by atoms with Crippen LogP contribution in [0.25, 0.3) is 11.1 Å². The zero-order valence-electron chi connectivity index (χ0n) is 10.5.